The van der Waals surface area contributed by atoms with Gasteiger partial charge in [-0.25, -0.2) is 4.79 Å². The molecule has 1 aromatic heterocycles. The lowest BCUT2D eigenvalue weighted by Crippen LogP contribution is -2.61. The number of aromatic hydroxyl groups is 3. The van der Waals surface area contributed by atoms with Crippen molar-refractivity contribution < 1.29 is 54.4 Å². The van der Waals surface area contributed by atoms with Crippen molar-refractivity contribution in [3.05, 3.63) is 46.6 Å². The predicted octanol–water partition coefficient (Wildman–Crippen LogP) is -0.152. The first-order chi connectivity index (χ1) is 15.6. The van der Waals surface area contributed by atoms with Crippen molar-refractivity contribution in [3.8, 4) is 34.3 Å². The molecule has 5 atom stereocenters. The molecule has 1 aliphatic rings. The van der Waals surface area contributed by atoms with Crippen LogP contribution in [0.15, 0.2) is 45.6 Å². The number of aliphatic hydroxyl groups excluding tert-OH is 3. The van der Waals surface area contributed by atoms with E-state index in [9.17, 15) is 40.2 Å². The molecule has 12 nitrogen and oxygen atoms in total. The highest BCUT2D eigenvalue weighted by atomic mass is 16.7. The van der Waals surface area contributed by atoms with Crippen LogP contribution in [0.4, 0.5) is 0 Å². The Morgan fingerprint density at radius 3 is 2.21 bits per heavy atom. The summed E-state index contributed by atoms with van der Waals surface area (Å²) in [5.74, 6) is -4.01. The van der Waals surface area contributed by atoms with Crippen molar-refractivity contribution in [2.45, 2.75) is 30.7 Å². The van der Waals surface area contributed by atoms with Gasteiger partial charge in [-0.2, -0.15) is 0 Å². The number of benzene rings is 2. The zero-order chi connectivity index (χ0) is 24.0. The summed E-state index contributed by atoms with van der Waals surface area (Å²) in [4.78, 5) is 23.8. The molecule has 3 aromatic rings. The largest absolute Gasteiger partial charge is 0.508 e. The predicted molar refractivity (Wildman–Crippen MR) is 108 cm³/mol. The molecule has 0 aliphatic carbocycles. The van der Waals surface area contributed by atoms with E-state index in [1.54, 1.807) is 0 Å². The Hall–Kier alpha value is -3.84. The average molecular weight is 462 g/mol. The van der Waals surface area contributed by atoms with E-state index in [1.165, 1.54) is 24.3 Å². The van der Waals surface area contributed by atoms with Crippen LogP contribution in [0.2, 0.25) is 0 Å². The molecule has 1 fully saturated rings. The average Bonchev–Trinajstić information content (AvgIpc) is 2.77. The number of hydrogen-bond acceptors (Lipinski definition) is 11. The maximum absolute atomic E-state index is 12.6. The zero-order valence-electron chi connectivity index (χ0n) is 16.5. The van der Waals surface area contributed by atoms with Crippen LogP contribution < -0.4 is 10.2 Å². The number of carboxylic acids is 1. The summed E-state index contributed by atoms with van der Waals surface area (Å²) < 4.78 is 15.9. The molecule has 174 valence electrons. The molecule has 0 amide bonds. The van der Waals surface area contributed by atoms with Crippen molar-refractivity contribution in [1.82, 2.24) is 0 Å². The lowest BCUT2D eigenvalue weighted by atomic mass is 9.99. The van der Waals surface area contributed by atoms with Gasteiger partial charge in [0.1, 0.15) is 40.8 Å². The summed E-state index contributed by atoms with van der Waals surface area (Å²) in [6, 6.07) is 7.74. The molecule has 2 aromatic carbocycles. The number of ether oxygens (including phenoxy) is 2. The number of carboxylic acid groups (broad SMARTS) is 1. The number of fused-ring (bicyclic) bond motifs is 1. The smallest absolute Gasteiger partial charge is 0.335 e. The fraction of sp³-hybridized carbons (Fsp3) is 0.238. The van der Waals surface area contributed by atoms with E-state index in [0.717, 1.165) is 12.1 Å². The summed E-state index contributed by atoms with van der Waals surface area (Å²) in [7, 11) is 0. The van der Waals surface area contributed by atoms with E-state index in [4.69, 9.17) is 19.0 Å². The van der Waals surface area contributed by atoms with Gasteiger partial charge in [0.15, 0.2) is 23.0 Å². The molecule has 0 saturated carbocycles. The third-order valence-corrected chi connectivity index (χ3v) is 5.14. The minimum atomic E-state index is -1.96. The van der Waals surface area contributed by atoms with Gasteiger partial charge in [0.25, 0.3) is 0 Å². The first-order valence-electron chi connectivity index (χ1n) is 9.49. The number of aliphatic carboxylic acids is 1. The summed E-state index contributed by atoms with van der Waals surface area (Å²) in [6.45, 7) is 0. The molecule has 0 spiro atoms. The standard InChI is InChI=1S/C21H18O12/c22-8-3-1-7(2-4-8)10-5-9(23)13-11(31-10)6-12(14(24)15(13)25)32-21-18(28)16(26)17(27)19(33-21)20(29)30/h1-6,16-19,21-22,24-28H,(H,29,30)/t16-,17-,18-,19+,21-/m1/s1. The summed E-state index contributed by atoms with van der Waals surface area (Å²) in [5, 5.41) is 68.6. The highest BCUT2D eigenvalue weighted by Gasteiger charge is 2.48. The topological polar surface area (TPSA) is 207 Å². The van der Waals surface area contributed by atoms with E-state index < -0.39 is 59.4 Å². The second-order valence-corrected chi connectivity index (χ2v) is 7.32. The van der Waals surface area contributed by atoms with Gasteiger partial charge in [-0.1, -0.05) is 0 Å². The maximum atomic E-state index is 12.6. The van der Waals surface area contributed by atoms with Gasteiger partial charge >= 0.3 is 5.97 Å². The third kappa shape index (κ3) is 3.91. The van der Waals surface area contributed by atoms with Gasteiger partial charge in [-0.05, 0) is 24.3 Å². The fourth-order valence-electron chi connectivity index (χ4n) is 3.40. The van der Waals surface area contributed by atoms with Crippen molar-refractivity contribution >= 4 is 16.9 Å². The van der Waals surface area contributed by atoms with Gasteiger partial charge in [-0.3, -0.25) is 4.79 Å². The first kappa shape index (κ1) is 22.4. The number of aliphatic hydroxyl groups is 3. The summed E-state index contributed by atoms with van der Waals surface area (Å²) in [6.07, 6.45) is -9.67. The molecular formula is C21H18O12. The Morgan fingerprint density at radius 2 is 1.58 bits per heavy atom. The molecular weight excluding hydrogens is 444 g/mol. The van der Waals surface area contributed by atoms with E-state index in [0.29, 0.717) is 5.56 Å². The second-order valence-electron chi connectivity index (χ2n) is 7.32. The van der Waals surface area contributed by atoms with E-state index in [1.807, 2.05) is 0 Å². The molecule has 1 aliphatic heterocycles. The van der Waals surface area contributed by atoms with Gasteiger partial charge in [0, 0.05) is 17.7 Å². The Bertz CT molecular complexity index is 1260. The van der Waals surface area contributed by atoms with Crippen molar-refractivity contribution in [1.29, 1.82) is 0 Å². The lowest BCUT2D eigenvalue weighted by molar-refractivity contribution is -0.271. The first-order valence-corrected chi connectivity index (χ1v) is 9.49. The molecule has 1 saturated heterocycles. The van der Waals surface area contributed by atoms with E-state index >= 15 is 0 Å². The number of carbonyl (C=O) groups is 1. The van der Waals surface area contributed by atoms with E-state index in [-0.39, 0.29) is 22.5 Å². The van der Waals surface area contributed by atoms with Gasteiger partial charge < -0.3 is 49.6 Å². The Labute approximate surface area is 183 Å². The Morgan fingerprint density at radius 1 is 0.909 bits per heavy atom. The molecule has 0 radical (unpaired) electrons. The molecule has 0 bridgehead atoms. The van der Waals surface area contributed by atoms with Crippen LogP contribution in [0.25, 0.3) is 22.3 Å². The normalized spacial score (nSPS) is 25.1. The highest BCUT2D eigenvalue weighted by Crippen LogP contribution is 2.42. The quantitative estimate of drug-likeness (QED) is 0.253. The highest BCUT2D eigenvalue weighted by molar-refractivity contribution is 5.89. The summed E-state index contributed by atoms with van der Waals surface area (Å²) in [5.41, 5.74) is -0.539. The minimum absolute atomic E-state index is 0.0156. The third-order valence-electron chi connectivity index (χ3n) is 5.14. The second kappa shape index (κ2) is 8.26. The van der Waals surface area contributed by atoms with Crippen molar-refractivity contribution in [3.63, 3.8) is 0 Å². The lowest BCUT2D eigenvalue weighted by Gasteiger charge is -2.38. The van der Waals surface area contributed by atoms with Crippen molar-refractivity contribution in [2.75, 3.05) is 0 Å². The molecule has 7 N–H and O–H groups in total. The van der Waals surface area contributed by atoms with Crippen LogP contribution in [-0.2, 0) is 9.53 Å². The molecule has 0 unspecified atom stereocenters. The number of phenols is 3. The molecule has 2 heterocycles. The number of hydrogen-bond donors (Lipinski definition) is 7. The monoisotopic (exact) mass is 462 g/mol. The van der Waals surface area contributed by atoms with Crippen LogP contribution in [0, 0.1) is 0 Å². The van der Waals surface area contributed by atoms with Crippen molar-refractivity contribution in [2.24, 2.45) is 0 Å². The van der Waals surface area contributed by atoms with Crippen LogP contribution in [0.1, 0.15) is 0 Å². The number of phenolic OH excluding ortho intramolecular Hbond substituents is 3. The van der Waals surface area contributed by atoms with Crippen LogP contribution in [0.3, 0.4) is 0 Å². The van der Waals surface area contributed by atoms with Gasteiger partial charge in [-0.15, -0.1) is 0 Å². The molecule has 12 heteroatoms. The van der Waals surface area contributed by atoms with Gasteiger partial charge in [0.05, 0.1) is 0 Å². The van der Waals surface area contributed by atoms with Crippen LogP contribution in [-0.4, -0.2) is 72.4 Å². The van der Waals surface area contributed by atoms with Gasteiger partial charge in [0.2, 0.25) is 12.0 Å². The zero-order valence-corrected chi connectivity index (χ0v) is 16.5. The molecule has 4 rings (SSSR count). The van der Waals surface area contributed by atoms with E-state index in [2.05, 4.69) is 0 Å². The van der Waals surface area contributed by atoms with Crippen LogP contribution >= 0.6 is 0 Å². The fourth-order valence-corrected chi connectivity index (χ4v) is 3.40. The minimum Gasteiger partial charge on any atom is -0.508 e. The maximum Gasteiger partial charge on any atom is 0.335 e. The Balaban J connectivity index is 1.76. The summed E-state index contributed by atoms with van der Waals surface area (Å²) >= 11 is 0. The molecule has 33 heavy (non-hydrogen) atoms. The number of rotatable bonds is 4. The van der Waals surface area contributed by atoms with Crippen LogP contribution in [0.5, 0.6) is 23.0 Å². The Kier molecular flexibility index (Phi) is 5.59. The SMILES string of the molecule is O=C(O)[C@H]1O[C@@H](Oc2cc3oc(-c4ccc(O)cc4)cc(=O)c3c(O)c2O)[C@H](O)[C@H](O)[C@H]1O.